The van der Waals surface area contributed by atoms with Crippen molar-refractivity contribution in [1.82, 2.24) is 9.97 Å². The van der Waals surface area contributed by atoms with Crippen LogP contribution in [0.15, 0.2) is 22.7 Å². The summed E-state index contributed by atoms with van der Waals surface area (Å²) in [5.74, 6) is 0.397. The first-order chi connectivity index (χ1) is 9.52. The van der Waals surface area contributed by atoms with E-state index in [0.717, 1.165) is 4.90 Å². The number of nitrogen functional groups attached to an aromatic ring is 1. The third-order valence-corrected chi connectivity index (χ3v) is 4.76. The Morgan fingerprint density at radius 3 is 2.85 bits per heavy atom. The fourth-order valence-corrected chi connectivity index (χ4v) is 3.71. The van der Waals surface area contributed by atoms with Crippen LogP contribution in [-0.4, -0.2) is 50.1 Å². The molecular weight excluding hydrogens is 280 g/mol. The predicted octanol–water partition coefficient (Wildman–Crippen LogP) is -0.455. The molecule has 4 atom stereocenters. The molecular formula is C12H16N4O3S. The minimum absolute atomic E-state index is 0.149. The maximum absolute atomic E-state index is 10.2. The quantitative estimate of drug-likeness (QED) is 0.580. The number of hydrogen-bond acceptors (Lipinski definition) is 8. The lowest BCUT2D eigenvalue weighted by Gasteiger charge is -2.29. The van der Waals surface area contributed by atoms with Gasteiger partial charge >= 0.3 is 0 Å². The fraction of sp³-hybridized carbons (Fsp3) is 0.500. The number of rotatable bonds is 2. The summed E-state index contributed by atoms with van der Waals surface area (Å²) in [7, 11) is 0. The van der Waals surface area contributed by atoms with E-state index in [1.54, 1.807) is 11.1 Å². The number of nitrogens with two attached hydrogens (primary N) is 1. The van der Waals surface area contributed by atoms with Gasteiger partial charge in [0.25, 0.3) is 0 Å². The molecule has 0 spiro atoms. The first-order valence-corrected chi connectivity index (χ1v) is 7.10. The summed E-state index contributed by atoms with van der Waals surface area (Å²) in [5, 5.41) is 30.1. The molecule has 7 nitrogen and oxygen atoms in total. The van der Waals surface area contributed by atoms with E-state index in [2.05, 4.69) is 16.5 Å². The first-order valence-electron chi connectivity index (χ1n) is 6.28. The highest BCUT2D eigenvalue weighted by Gasteiger charge is 2.47. The highest BCUT2D eigenvalue weighted by molar-refractivity contribution is 8.03. The molecule has 0 amide bonds. The Hall–Kier alpha value is -1.35. The van der Waals surface area contributed by atoms with Crippen molar-refractivity contribution in [3.8, 4) is 0 Å². The summed E-state index contributed by atoms with van der Waals surface area (Å²) in [6, 6.07) is -0.377. The van der Waals surface area contributed by atoms with Crippen LogP contribution in [0.5, 0.6) is 0 Å². The van der Waals surface area contributed by atoms with Gasteiger partial charge < -0.3 is 26.0 Å². The number of anilines is 2. The molecule has 108 valence electrons. The smallest absolute Gasteiger partial charge is 0.222 e. The Kier molecular flexibility index (Phi) is 3.33. The Morgan fingerprint density at radius 2 is 2.20 bits per heavy atom. The van der Waals surface area contributed by atoms with E-state index in [1.165, 1.54) is 11.8 Å². The molecule has 2 aliphatic rings. The van der Waals surface area contributed by atoms with Crippen LogP contribution in [0.4, 0.5) is 11.8 Å². The van der Waals surface area contributed by atoms with Gasteiger partial charge in [0.2, 0.25) is 5.95 Å². The number of thioether (sulfide) groups is 1. The molecule has 1 aromatic heterocycles. The van der Waals surface area contributed by atoms with Crippen molar-refractivity contribution in [2.45, 2.75) is 29.6 Å². The van der Waals surface area contributed by atoms with Crippen LogP contribution in [0.3, 0.4) is 0 Å². The Balaban J connectivity index is 1.96. The lowest BCUT2D eigenvalue weighted by Crippen LogP contribution is -2.41. The molecule has 1 saturated carbocycles. The van der Waals surface area contributed by atoms with E-state index in [0.29, 0.717) is 17.3 Å². The van der Waals surface area contributed by atoms with Crippen LogP contribution in [0, 0.1) is 5.92 Å². The molecule has 8 heteroatoms. The van der Waals surface area contributed by atoms with E-state index in [1.807, 2.05) is 0 Å². The molecule has 2 heterocycles. The monoisotopic (exact) mass is 296 g/mol. The van der Waals surface area contributed by atoms with E-state index < -0.39 is 12.2 Å². The van der Waals surface area contributed by atoms with Crippen molar-refractivity contribution >= 4 is 23.5 Å². The molecule has 20 heavy (non-hydrogen) atoms. The van der Waals surface area contributed by atoms with Crippen molar-refractivity contribution in [2.75, 3.05) is 17.2 Å². The standard InChI is InChI=1S/C12H16N4O3S/c1-5-16(7-2-6(4-17)9(18)10(7)19)11-8(20-5)3-14-12(13)15-11/h3,6-7,9-10,17-19H,1-2,4H2,(H2,13,14,15)/t6-,7-,9-,10+/m1/s1. The summed E-state index contributed by atoms with van der Waals surface area (Å²) in [5.41, 5.74) is 5.61. The van der Waals surface area contributed by atoms with E-state index in [4.69, 9.17) is 5.73 Å². The van der Waals surface area contributed by atoms with Crippen molar-refractivity contribution in [1.29, 1.82) is 0 Å². The van der Waals surface area contributed by atoms with Gasteiger partial charge in [-0.2, -0.15) is 4.98 Å². The number of nitrogens with zero attached hydrogens (tertiary/aromatic N) is 3. The van der Waals surface area contributed by atoms with Crippen molar-refractivity contribution in [3.63, 3.8) is 0 Å². The number of fused-ring (bicyclic) bond motifs is 1. The second kappa shape index (κ2) is 4.88. The van der Waals surface area contributed by atoms with E-state index in [9.17, 15) is 15.3 Å². The highest BCUT2D eigenvalue weighted by atomic mass is 32.2. The van der Waals surface area contributed by atoms with Crippen LogP contribution < -0.4 is 10.6 Å². The van der Waals surface area contributed by atoms with Crippen molar-refractivity contribution < 1.29 is 15.3 Å². The zero-order valence-electron chi connectivity index (χ0n) is 10.7. The van der Waals surface area contributed by atoms with Gasteiger partial charge in [0.15, 0.2) is 5.82 Å². The molecule has 0 radical (unpaired) electrons. The summed E-state index contributed by atoms with van der Waals surface area (Å²) in [4.78, 5) is 10.7. The molecule has 1 aliphatic carbocycles. The van der Waals surface area contributed by atoms with Gasteiger partial charge in [0, 0.05) is 18.7 Å². The number of aliphatic hydroxyl groups excluding tert-OH is 3. The van der Waals surface area contributed by atoms with Gasteiger partial charge in [0.05, 0.1) is 22.1 Å². The van der Waals surface area contributed by atoms with E-state index >= 15 is 0 Å². The lowest BCUT2D eigenvalue weighted by molar-refractivity contribution is 0.00285. The zero-order chi connectivity index (χ0) is 14.4. The average molecular weight is 296 g/mol. The summed E-state index contributed by atoms with van der Waals surface area (Å²) < 4.78 is 0. The third kappa shape index (κ3) is 1.96. The molecule has 0 saturated heterocycles. The van der Waals surface area contributed by atoms with Crippen molar-refractivity contribution in [2.24, 2.45) is 5.92 Å². The maximum atomic E-state index is 10.2. The van der Waals surface area contributed by atoms with Crippen molar-refractivity contribution in [3.05, 3.63) is 17.8 Å². The van der Waals surface area contributed by atoms with Gasteiger partial charge in [0.1, 0.15) is 6.10 Å². The molecule has 1 aromatic rings. The lowest BCUT2D eigenvalue weighted by atomic mass is 10.1. The van der Waals surface area contributed by atoms with Gasteiger partial charge in [-0.25, -0.2) is 4.98 Å². The van der Waals surface area contributed by atoms with E-state index in [-0.39, 0.29) is 24.5 Å². The van der Waals surface area contributed by atoms with Crippen LogP contribution in [0.2, 0.25) is 0 Å². The Morgan fingerprint density at radius 1 is 1.45 bits per heavy atom. The summed E-state index contributed by atoms with van der Waals surface area (Å²) >= 11 is 1.40. The zero-order valence-corrected chi connectivity index (χ0v) is 11.5. The van der Waals surface area contributed by atoms with Crippen LogP contribution >= 0.6 is 11.8 Å². The van der Waals surface area contributed by atoms with Crippen LogP contribution in [-0.2, 0) is 0 Å². The largest absolute Gasteiger partial charge is 0.396 e. The van der Waals surface area contributed by atoms with Gasteiger partial charge in [-0.1, -0.05) is 18.3 Å². The molecule has 1 aliphatic heterocycles. The van der Waals surface area contributed by atoms with Gasteiger partial charge in [-0.3, -0.25) is 0 Å². The number of aromatic nitrogens is 2. The summed E-state index contributed by atoms with van der Waals surface area (Å²) in [6.07, 6.45) is 0.161. The second-order valence-electron chi connectivity index (χ2n) is 5.01. The fourth-order valence-electron chi connectivity index (χ4n) is 2.79. The molecule has 0 aromatic carbocycles. The molecule has 0 bridgehead atoms. The summed E-state index contributed by atoms with van der Waals surface area (Å²) in [6.45, 7) is 3.79. The molecule has 3 rings (SSSR count). The number of aliphatic hydroxyl groups is 3. The van der Waals surface area contributed by atoms with Gasteiger partial charge in [-0.05, 0) is 6.42 Å². The highest BCUT2D eigenvalue weighted by Crippen LogP contribution is 2.47. The third-order valence-electron chi connectivity index (χ3n) is 3.82. The molecule has 0 unspecified atom stereocenters. The minimum Gasteiger partial charge on any atom is -0.396 e. The normalized spacial score (nSPS) is 32.8. The van der Waals surface area contributed by atoms with Gasteiger partial charge in [-0.15, -0.1) is 0 Å². The Bertz CT molecular complexity index is 556. The van der Waals surface area contributed by atoms with Crippen LogP contribution in [0.25, 0.3) is 0 Å². The minimum atomic E-state index is -0.966. The first kappa shape index (κ1) is 13.6. The maximum Gasteiger partial charge on any atom is 0.222 e. The SMILES string of the molecule is C=C1Sc2cnc(N)nc2N1[C@@H]1C[C@H](CO)[C@@H](O)[C@H]1O. The van der Waals surface area contributed by atoms with Crippen LogP contribution in [0.1, 0.15) is 6.42 Å². The average Bonchev–Trinajstić information content (AvgIpc) is 2.88. The number of hydrogen-bond donors (Lipinski definition) is 4. The predicted molar refractivity (Wildman–Crippen MR) is 74.9 cm³/mol. The molecule has 5 N–H and O–H groups in total. The topological polar surface area (TPSA) is 116 Å². The second-order valence-corrected chi connectivity index (χ2v) is 6.12. The molecule has 1 fully saturated rings. The Labute approximate surface area is 120 Å².